The van der Waals surface area contributed by atoms with Gasteiger partial charge in [0.05, 0.1) is 17.2 Å². The topological polar surface area (TPSA) is 55.1 Å². The molecular formula is C14H15N5. The standard InChI is InChI=1S/C14H15N5/c1-2-4-12-11(3-1)16-9-13-17-18-14(19(12)13)10-5-7-15-8-6-10/h1-4,9-10,15H,5-8H2. The molecule has 0 atom stereocenters. The van der Waals surface area contributed by atoms with Crippen LogP contribution < -0.4 is 5.32 Å². The third-order valence-corrected chi connectivity index (χ3v) is 3.86. The highest BCUT2D eigenvalue weighted by Gasteiger charge is 2.21. The van der Waals surface area contributed by atoms with Gasteiger partial charge in [-0.1, -0.05) is 12.1 Å². The molecule has 0 aliphatic carbocycles. The molecule has 0 unspecified atom stereocenters. The van der Waals surface area contributed by atoms with E-state index in [0.717, 1.165) is 48.4 Å². The van der Waals surface area contributed by atoms with Crippen LogP contribution in [0, 0.1) is 0 Å². The molecule has 1 N–H and O–H groups in total. The van der Waals surface area contributed by atoms with Gasteiger partial charge in [0.2, 0.25) is 0 Å². The van der Waals surface area contributed by atoms with Crippen molar-refractivity contribution in [2.24, 2.45) is 0 Å². The van der Waals surface area contributed by atoms with Gasteiger partial charge in [0.1, 0.15) is 5.82 Å². The molecule has 1 aromatic carbocycles. The van der Waals surface area contributed by atoms with Gasteiger partial charge >= 0.3 is 0 Å². The molecule has 2 aromatic heterocycles. The maximum absolute atomic E-state index is 4.43. The van der Waals surface area contributed by atoms with Crippen LogP contribution in [-0.2, 0) is 0 Å². The molecule has 0 bridgehead atoms. The summed E-state index contributed by atoms with van der Waals surface area (Å²) >= 11 is 0. The molecule has 5 nitrogen and oxygen atoms in total. The van der Waals surface area contributed by atoms with Crippen molar-refractivity contribution in [1.82, 2.24) is 24.9 Å². The first-order valence-electron chi connectivity index (χ1n) is 6.73. The zero-order valence-electron chi connectivity index (χ0n) is 10.6. The van der Waals surface area contributed by atoms with Crippen molar-refractivity contribution in [2.45, 2.75) is 18.8 Å². The van der Waals surface area contributed by atoms with Gasteiger partial charge in [-0.05, 0) is 38.1 Å². The Morgan fingerprint density at radius 3 is 2.84 bits per heavy atom. The van der Waals surface area contributed by atoms with Gasteiger partial charge < -0.3 is 5.32 Å². The van der Waals surface area contributed by atoms with Gasteiger partial charge in [0, 0.05) is 5.92 Å². The van der Waals surface area contributed by atoms with E-state index in [1.165, 1.54) is 0 Å². The molecule has 1 saturated heterocycles. The van der Waals surface area contributed by atoms with E-state index in [1.807, 2.05) is 18.2 Å². The number of nitrogens with zero attached hydrogens (tertiary/aromatic N) is 4. The Morgan fingerprint density at radius 2 is 1.95 bits per heavy atom. The Morgan fingerprint density at radius 1 is 1.11 bits per heavy atom. The van der Waals surface area contributed by atoms with E-state index in [4.69, 9.17) is 0 Å². The molecule has 3 heterocycles. The van der Waals surface area contributed by atoms with E-state index < -0.39 is 0 Å². The maximum Gasteiger partial charge on any atom is 0.179 e. The van der Waals surface area contributed by atoms with Crippen LogP contribution in [0.1, 0.15) is 24.6 Å². The number of hydrogen-bond donors (Lipinski definition) is 1. The number of benzene rings is 1. The largest absolute Gasteiger partial charge is 0.317 e. The van der Waals surface area contributed by atoms with Crippen molar-refractivity contribution in [3.8, 4) is 0 Å². The van der Waals surface area contributed by atoms with Crippen molar-refractivity contribution in [3.63, 3.8) is 0 Å². The molecule has 1 fully saturated rings. The smallest absolute Gasteiger partial charge is 0.179 e. The van der Waals surface area contributed by atoms with Crippen molar-refractivity contribution in [2.75, 3.05) is 13.1 Å². The molecule has 0 radical (unpaired) electrons. The lowest BCUT2D eigenvalue weighted by atomic mass is 9.97. The van der Waals surface area contributed by atoms with Crippen LogP contribution in [0.2, 0.25) is 0 Å². The number of aromatic nitrogens is 4. The summed E-state index contributed by atoms with van der Waals surface area (Å²) in [5.74, 6) is 1.57. The highest BCUT2D eigenvalue weighted by atomic mass is 15.3. The third kappa shape index (κ3) is 1.69. The molecule has 3 aromatic rings. The first kappa shape index (κ1) is 10.9. The van der Waals surface area contributed by atoms with Gasteiger partial charge in [-0.25, -0.2) is 0 Å². The van der Waals surface area contributed by atoms with Crippen molar-refractivity contribution < 1.29 is 0 Å². The number of para-hydroxylation sites is 2. The molecule has 1 aliphatic heterocycles. The van der Waals surface area contributed by atoms with E-state index in [-0.39, 0.29) is 0 Å². The lowest BCUT2D eigenvalue weighted by Gasteiger charge is -2.21. The first-order chi connectivity index (χ1) is 9.43. The fourth-order valence-corrected chi connectivity index (χ4v) is 2.87. The average Bonchev–Trinajstić information content (AvgIpc) is 2.92. The predicted octanol–water partition coefficient (Wildman–Crippen LogP) is 1.74. The summed E-state index contributed by atoms with van der Waals surface area (Å²) in [5, 5.41) is 12.1. The van der Waals surface area contributed by atoms with Gasteiger partial charge in [-0.3, -0.25) is 9.38 Å². The molecule has 96 valence electrons. The van der Waals surface area contributed by atoms with Crippen LogP contribution in [0.4, 0.5) is 0 Å². The normalized spacial score (nSPS) is 17.3. The van der Waals surface area contributed by atoms with Crippen LogP contribution in [0.5, 0.6) is 0 Å². The van der Waals surface area contributed by atoms with Gasteiger partial charge in [-0.15, -0.1) is 10.2 Å². The van der Waals surface area contributed by atoms with E-state index in [2.05, 4.69) is 31.0 Å². The molecule has 4 rings (SSSR count). The second-order valence-electron chi connectivity index (χ2n) is 5.02. The van der Waals surface area contributed by atoms with E-state index in [9.17, 15) is 0 Å². The minimum atomic E-state index is 0.488. The van der Waals surface area contributed by atoms with Crippen LogP contribution in [0.3, 0.4) is 0 Å². The third-order valence-electron chi connectivity index (χ3n) is 3.86. The maximum atomic E-state index is 4.43. The molecule has 0 saturated carbocycles. The van der Waals surface area contributed by atoms with Gasteiger partial charge in [-0.2, -0.15) is 0 Å². The number of piperidine rings is 1. The minimum Gasteiger partial charge on any atom is -0.317 e. The lowest BCUT2D eigenvalue weighted by Crippen LogP contribution is -2.27. The summed E-state index contributed by atoms with van der Waals surface area (Å²) < 4.78 is 2.16. The number of nitrogens with one attached hydrogen (secondary N) is 1. The lowest BCUT2D eigenvalue weighted by molar-refractivity contribution is 0.443. The fraction of sp³-hybridized carbons (Fsp3) is 0.357. The Labute approximate surface area is 110 Å². The summed E-state index contributed by atoms with van der Waals surface area (Å²) in [5.41, 5.74) is 2.93. The summed E-state index contributed by atoms with van der Waals surface area (Å²) in [6.07, 6.45) is 4.05. The van der Waals surface area contributed by atoms with E-state index in [0.29, 0.717) is 5.92 Å². The predicted molar refractivity (Wildman–Crippen MR) is 73.1 cm³/mol. The molecule has 1 aliphatic rings. The van der Waals surface area contributed by atoms with E-state index >= 15 is 0 Å². The second-order valence-corrected chi connectivity index (χ2v) is 5.02. The molecule has 5 heteroatoms. The Bertz CT molecular complexity index is 727. The molecular weight excluding hydrogens is 238 g/mol. The summed E-state index contributed by atoms with van der Waals surface area (Å²) in [4.78, 5) is 4.43. The Hall–Kier alpha value is -2.01. The van der Waals surface area contributed by atoms with Crippen LogP contribution >= 0.6 is 0 Å². The summed E-state index contributed by atoms with van der Waals surface area (Å²) in [6.45, 7) is 2.12. The number of hydrogen-bond acceptors (Lipinski definition) is 4. The van der Waals surface area contributed by atoms with E-state index in [1.54, 1.807) is 6.20 Å². The quantitative estimate of drug-likeness (QED) is 0.717. The minimum absolute atomic E-state index is 0.488. The van der Waals surface area contributed by atoms with Gasteiger partial charge in [0.15, 0.2) is 5.65 Å². The van der Waals surface area contributed by atoms with Crippen molar-refractivity contribution in [1.29, 1.82) is 0 Å². The summed E-state index contributed by atoms with van der Waals surface area (Å²) in [6, 6.07) is 8.16. The SMILES string of the molecule is c1ccc2c(c1)ncc1nnc(C3CCNCC3)n12. The monoisotopic (exact) mass is 253 g/mol. The highest BCUT2D eigenvalue weighted by molar-refractivity contribution is 5.77. The zero-order valence-corrected chi connectivity index (χ0v) is 10.6. The summed E-state index contributed by atoms with van der Waals surface area (Å²) in [7, 11) is 0. The molecule has 0 amide bonds. The number of fused-ring (bicyclic) bond motifs is 3. The zero-order chi connectivity index (χ0) is 12.7. The van der Waals surface area contributed by atoms with Crippen molar-refractivity contribution in [3.05, 3.63) is 36.3 Å². The van der Waals surface area contributed by atoms with Crippen LogP contribution in [0.25, 0.3) is 16.7 Å². The Balaban J connectivity index is 1.97. The fourth-order valence-electron chi connectivity index (χ4n) is 2.87. The van der Waals surface area contributed by atoms with Crippen LogP contribution in [0.15, 0.2) is 30.5 Å². The van der Waals surface area contributed by atoms with Crippen LogP contribution in [-0.4, -0.2) is 32.7 Å². The van der Waals surface area contributed by atoms with Gasteiger partial charge in [0.25, 0.3) is 0 Å². The molecule has 19 heavy (non-hydrogen) atoms. The van der Waals surface area contributed by atoms with Crippen molar-refractivity contribution >= 4 is 16.7 Å². The average molecular weight is 253 g/mol. The highest BCUT2D eigenvalue weighted by Crippen LogP contribution is 2.26. The first-order valence-corrected chi connectivity index (χ1v) is 6.73. The second kappa shape index (κ2) is 4.28. The Kier molecular flexibility index (Phi) is 2.45. The number of rotatable bonds is 1. The molecule has 0 spiro atoms.